The van der Waals surface area contributed by atoms with E-state index in [1.165, 1.54) is 24.8 Å². The smallest absolute Gasteiger partial charge is 0.0733 e. The Kier molecular flexibility index (Phi) is 2.70. The van der Waals surface area contributed by atoms with E-state index in [1.807, 2.05) is 6.20 Å². The van der Waals surface area contributed by atoms with E-state index < -0.39 is 5.60 Å². The predicted molar refractivity (Wildman–Crippen MR) is 67.7 cm³/mol. The summed E-state index contributed by atoms with van der Waals surface area (Å²) in [5, 5.41) is 10.7. The van der Waals surface area contributed by atoms with Crippen LogP contribution in [0.2, 0.25) is 0 Å². The number of aromatic nitrogens is 1. The average molecular weight is 231 g/mol. The third kappa shape index (κ3) is 2.11. The molecule has 3 unspecified atom stereocenters. The molecule has 0 saturated heterocycles. The zero-order chi connectivity index (χ0) is 11.9. The average Bonchev–Trinajstić information content (AvgIpc) is 3.11. The van der Waals surface area contributed by atoms with Crippen molar-refractivity contribution < 1.29 is 5.11 Å². The lowest BCUT2D eigenvalue weighted by Crippen LogP contribution is -2.37. The van der Waals surface area contributed by atoms with Gasteiger partial charge in [0.1, 0.15) is 0 Å². The number of pyridine rings is 1. The van der Waals surface area contributed by atoms with Crippen LogP contribution in [-0.4, -0.2) is 15.7 Å². The van der Waals surface area contributed by atoms with Gasteiger partial charge in [-0.25, -0.2) is 0 Å². The van der Waals surface area contributed by atoms with Gasteiger partial charge in [-0.15, -0.1) is 0 Å². The lowest BCUT2D eigenvalue weighted by Gasteiger charge is -2.32. The Morgan fingerprint density at radius 1 is 1.47 bits per heavy atom. The first kappa shape index (κ1) is 11.2. The first-order valence-electron chi connectivity index (χ1n) is 6.87. The minimum absolute atomic E-state index is 0.455. The summed E-state index contributed by atoms with van der Waals surface area (Å²) in [5.41, 5.74) is 1.87. The Hall–Kier alpha value is -0.890. The minimum atomic E-state index is -0.455. The monoisotopic (exact) mass is 231 g/mol. The van der Waals surface area contributed by atoms with Crippen molar-refractivity contribution in [3.8, 4) is 0 Å². The number of fused-ring (bicyclic) bond motifs is 1. The first-order valence-corrected chi connectivity index (χ1v) is 6.87. The number of hydrogen-bond donors (Lipinski definition) is 1. The third-order valence-electron chi connectivity index (χ3n) is 4.58. The van der Waals surface area contributed by atoms with Crippen molar-refractivity contribution in [1.82, 2.24) is 4.98 Å². The lowest BCUT2D eigenvalue weighted by molar-refractivity contribution is -0.0112. The fraction of sp³-hybridized carbons (Fsp3) is 0.667. The second-order valence-electron chi connectivity index (χ2n) is 5.79. The second kappa shape index (κ2) is 4.09. The van der Waals surface area contributed by atoms with Crippen LogP contribution in [0.3, 0.4) is 0 Å². The molecule has 17 heavy (non-hydrogen) atoms. The summed E-state index contributed by atoms with van der Waals surface area (Å²) in [6, 6.07) is 4.22. The van der Waals surface area contributed by atoms with Crippen molar-refractivity contribution >= 4 is 0 Å². The maximum absolute atomic E-state index is 10.7. The summed E-state index contributed by atoms with van der Waals surface area (Å²) >= 11 is 0. The predicted octanol–water partition coefficient (Wildman–Crippen LogP) is 2.74. The van der Waals surface area contributed by atoms with E-state index in [1.54, 1.807) is 0 Å². The molecule has 0 bridgehead atoms. The Balaban J connectivity index is 1.72. The van der Waals surface area contributed by atoms with Gasteiger partial charge >= 0.3 is 0 Å². The normalized spacial score (nSPS) is 35.4. The number of aryl methyl sites for hydroxylation is 1. The number of aliphatic hydroxyl groups is 1. The van der Waals surface area contributed by atoms with Crippen molar-refractivity contribution in [1.29, 1.82) is 0 Å². The zero-order valence-electron chi connectivity index (χ0n) is 10.5. The molecule has 2 aliphatic carbocycles. The zero-order valence-corrected chi connectivity index (χ0v) is 10.5. The van der Waals surface area contributed by atoms with Crippen molar-refractivity contribution in [2.24, 2.45) is 11.8 Å². The Morgan fingerprint density at radius 2 is 2.35 bits per heavy atom. The van der Waals surface area contributed by atoms with Gasteiger partial charge in [-0.3, -0.25) is 4.98 Å². The van der Waals surface area contributed by atoms with Crippen LogP contribution in [0.1, 0.15) is 43.9 Å². The highest BCUT2D eigenvalue weighted by Crippen LogP contribution is 2.55. The van der Waals surface area contributed by atoms with E-state index in [2.05, 4.69) is 24.0 Å². The Morgan fingerprint density at radius 3 is 3.06 bits per heavy atom. The van der Waals surface area contributed by atoms with Gasteiger partial charge in [-0.2, -0.15) is 0 Å². The Labute approximate surface area is 103 Å². The highest BCUT2D eigenvalue weighted by atomic mass is 16.3. The van der Waals surface area contributed by atoms with Crippen molar-refractivity contribution in [3.63, 3.8) is 0 Å². The molecular weight excluding hydrogens is 210 g/mol. The fourth-order valence-corrected chi connectivity index (χ4v) is 3.38. The van der Waals surface area contributed by atoms with Crippen molar-refractivity contribution in [2.75, 3.05) is 0 Å². The van der Waals surface area contributed by atoms with Gasteiger partial charge in [0.2, 0.25) is 0 Å². The van der Waals surface area contributed by atoms with Gasteiger partial charge < -0.3 is 5.11 Å². The summed E-state index contributed by atoms with van der Waals surface area (Å²) in [5.74, 6) is 1.37. The van der Waals surface area contributed by atoms with E-state index in [4.69, 9.17) is 0 Å². The maximum Gasteiger partial charge on any atom is 0.0733 e. The molecule has 2 saturated carbocycles. The van der Waals surface area contributed by atoms with Crippen LogP contribution in [0.25, 0.3) is 0 Å². The maximum atomic E-state index is 10.7. The summed E-state index contributed by atoms with van der Waals surface area (Å²) in [7, 11) is 0. The summed E-state index contributed by atoms with van der Waals surface area (Å²) in [6.07, 6.45) is 8.45. The summed E-state index contributed by atoms with van der Waals surface area (Å²) in [4.78, 5) is 4.48. The summed E-state index contributed by atoms with van der Waals surface area (Å²) < 4.78 is 0. The molecule has 1 heterocycles. The minimum Gasteiger partial charge on any atom is -0.389 e. The molecule has 2 fully saturated rings. The van der Waals surface area contributed by atoms with Crippen LogP contribution in [0.5, 0.6) is 0 Å². The van der Waals surface area contributed by atoms with Crippen molar-refractivity contribution in [3.05, 3.63) is 29.6 Å². The van der Waals surface area contributed by atoms with E-state index in [9.17, 15) is 5.11 Å². The standard InChI is InChI=1S/C15H21NO/c1-2-11-5-6-13(16-10-11)9-15(17)7-3-4-12-8-14(12)15/h5-6,10,12,14,17H,2-4,7-9H2,1H3. The number of rotatable bonds is 3. The van der Waals surface area contributed by atoms with Gasteiger partial charge in [0.05, 0.1) is 5.60 Å². The van der Waals surface area contributed by atoms with E-state index >= 15 is 0 Å². The van der Waals surface area contributed by atoms with Gasteiger partial charge in [0.25, 0.3) is 0 Å². The van der Waals surface area contributed by atoms with Crippen LogP contribution in [-0.2, 0) is 12.8 Å². The molecule has 2 heteroatoms. The van der Waals surface area contributed by atoms with Crippen LogP contribution < -0.4 is 0 Å². The molecule has 1 aromatic rings. The molecule has 2 nitrogen and oxygen atoms in total. The summed E-state index contributed by atoms with van der Waals surface area (Å²) in [6.45, 7) is 2.14. The molecule has 0 aromatic carbocycles. The molecule has 0 amide bonds. The molecule has 3 rings (SSSR count). The Bertz CT molecular complexity index is 400. The van der Waals surface area contributed by atoms with Gasteiger partial charge in [-0.1, -0.05) is 19.4 Å². The molecule has 0 spiro atoms. The molecule has 0 radical (unpaired) electrons. The molecule has 3 atom stereocenters. The first-order chi connectivity index (χ1) is 8.21. The quantitative estimate of drug-likeness (QED) is 0.867. The van der Waals surface area contributed by atoms with Crippen LogP contribution in [0, 0.1) is 11.8 Å². The third-order valence-corrected chi connectivity index (χ3v) is 4.58. The van der Waals surface area contributed by atoms with Gasteiger partial charge in [0.15, 0.2) is 0 Å². The largest absolute Gasteiger partial charge is 0.389 e. The molecule has 1 N–H and O–H groups in total. The van der Waals surface area contributed by atoms with Crippen LogP contribution >= 0.6 is 0 Å². The SMILES string of the molecule is CCc1ccc(CC2(O)CCCC3CC32)nc1. The van der Waals surface area contributed by atoms with Gasteiger partial charge in [-0.05, 0) is 49.1 Å². The number of hydrogen-bond acceptors (Lipinski definition) is 2. The molecule has 1 aromatic heterocycles. The van der Waals surface area contributed by atoms with Crippen molar-refractivity contribution in [2.45, 2.75) is 51.0 Å². The van der Waals surface area contributed by atoms with Crippen LogP contribution in [0.4, 0.5) is 0 Å². The fourth-order valence-electron chi connectivity index (χ4n) is 3.38. The second-order valence-corrected chi connectivity index (χ2v) is 5.79. The highest BCUT2D eigenvalue weighted by Gasteiger charge is 2.53. The highest BCUT2D eigenvalue weighted by molar-refractivity contribution is 5.17. The van der Waals surface area contributed by atoms with E-state index in [0.717, 1.165) is 30.9 Å². The van der Waals surface area contributed by atoms with E-state index in [0.29, 0.717) is 5.92 Å². The van der Waals surface area contributed by atoms with E-state index in [-0.39, 0.29) is 0 Å². The lowest BCUT2D eigenvalue weighted by atomic mass is 9.81. The molecule has 92 valence electrons. The number of nitrogens with zero attached hydrogens (tertiary/aromatic N) is 1. The molecular formula is C15H21NO. The molecule has 0 aliphatic heterocycles. The topological polar surface area (TPSA) is 33.1 Å². The molecule has 2 aliphatic rings. The van der Waals surface area contributed by atoms with Crippen LogP contribution in [0.15, 0.2) is 18.3 Å². The van der Waals surface area contributed by atoms with Gasteiger partial charge in [0, 0.05) is 18.3 Å².